The molecular weight excluding hydrogens is 170 g/mol. The van der Waals surface area contributed by atoms with Crippen LogP contribution in [0.4, 0.5) is 5.13 Å². The van der Waals surface area contributed by atoms with E-state index in [4.69, 9.17) is 5.26 Å². The van der Waals surface area contributed by atoms with Crippen LogP contribution in [0.25, 0.3) is 0 Å². The molecule has 0 aliphatic rings. The van der Waals surface area contributed by atoms with Crippen molar-refractivity contribution in [2.75, 3.05) is 12.4 Å². The van der Waals surface area contributed by atoms with E-state index in [-0.39, 0.29) is 0 Å². The second-order valence-electron chi connectivity index (χ2n) is 2.41. The fourth-order valence-corrected chi connectivity index (χ4v) is 1.71. The first-order chi connectivity index (χ1) is 5.81. The van der Waals surface area contributed by atoms with Crippen molar-refractivity contribution in [3.8, 4) is 6.07 Å². The van der Waals surface area contributed by atoms with E-state index in [1.165, 1.54) is 11.3 Å². The molecule has 0 aliphatic carbocycles. The van der Waals surface area contributed by atoms with Crippen molar-refractivity contribution in [1.82, 2.24) is 4.98 Å². The highest BCUT2D eigenvalue weighted by Crippen LogP contribution is 2.22. The Morgan fingerprint density at radius 1 is 1.67 bits per heavy atom. The topological polar surface area (TPSA) is 48.7 Å². The van der Waals surface area contributed by atoms with Gasteiger partial charge in [-0.05, 0) is 6.42 Å². The zero-order valence-corrected chi connectivity index (χ0v) is 8.03. The third kappa shape index (κ3) is 1.74. The van der Waals surface area contributed by atoms with Crippen molar-refractivity contribution in [1.29, 1.82) is 5.26 Å². The molecule has 0 aromatic carbocycles. The van der Waals surface area contributed by atoms with Gasteiger partial charge in [0.25, 0.3) is 0 Å². The van der Waals surface area contributed by atoms with Crippen LogP contribution < -0.4 is 5.32 Å². The van der Waals surface area contributed by atoms with Gasteiger partial charge in [-0.2, -0.15) is 5.26 Å². The fraction of sp³-hybridized carbons (Fsp3) is 0.500. The van der Waals surface area contributed by atoms with E-state index < -0.39 is 0 Å². The van der Waals surface area contributed by atoms with E-state index in [0.29, 0.717) is 0 Å². The quantitative estimate of drug-likeness (QED) is 0.776. The molecule has 0 radical (unpaired) electrons. The average molecular weight is 181 g/mol. The summed E-state index contributed by atoms with van der Waals surface area (Å²) in [4.78, 5) is 5.01. The number of nitriles is 1. The summed E-state index contributed by atoms with van der Waals surface area (Å²) in [6, 6.07) is 2.15. The molecule has 1 rings (SSSR count). The van der Waals surface area contributed by atoms with Gasteiger partial charge < -0.3 is 5.32 Å². The van der Waals surface area contributed by atoms with Gasteiger partial charge in [0.1, 0.15) is 10.9 Å². The second-order valence-corrected chi connectivity index (χ2v) is 3.41. The Morgan fingerprint density at radius 2 is 2.42 bits per heavy atom. The zero-order valence-electron chi connectivity index (χ0n) is 7.22. The monoisotopic (exact) mass is 181 g/mol. The minimum Gasteiger partial charge on any atom is -0.365 e. The summed E-state index contributed by atoms with van der Waals surface area (Å²) in [5.74, 6) is 0. The van der Waals surface area contributed by atoms with Crippen molar-refractivity contribution in [3.05, 3.63) is 10.6 Å². The largest absolute Gasteiger partial charge is 0.365 e. The first-order valence-electron chi connectivity index (χ1n) is 3.89. The summed E-state index contributed by atoms with van der Waals surface area (Å²) in [7, 11) is 1.82. The molecule has 1 aromatic heterocycles. The molecule has 1 aromatic rings. The molecule has 0 spiro atoms. The maximum absolute atomic E-state index is 8.75. The third-order valence-corrected chi connectivity index (χ3v) is 2.52. The summed E-state index contributed by atoms with van der Waals surface area (Å²) in [6.45, 7) is 2.08. The van der Waals surface area contributed by atoms with Crippen molar-refractivity contribution in [2.24, 2.45) is 0 Å². The molecule has 0 amide bonds. The Hall–Kier alpha value is -1.08. The predicted molar refractivity (Wildman–Crippen MR) is 50.4 cm³/mol. The molecule has 0 aliphatic heterocycles. The highest BCUT2D eigenvalue weighted by Gasteiger charge is 2.07. The molecule has 4 heteroatoms. The van der Waals surface area contributed by atoms with Crippen LogP contribution in [-0.4, -0.2) is 12.0 Å². The van der Waals surface area contributed by atoms with Crippen molar-refractivity contribution in [2.45, 2.75) is 19.8 Å². The molecule has 0 bridgehead atoms. The number of hydrogen-bond acceptors (Lipinski definition) is 4. The SMILES string of the molecule is CCCc1nc(NC)sc1C#N. The van der Waals surface area contributed by atoms with E-state index >= 15 is 0 Å². The maximum Gasteiger partial charge on any atom is 0.183 e. The van der Waals surface area contributed by atoms with Crippen LogP contribution in [0.2, 0.25) is 0 Å². The van der Waals surface area contributed by atoms with Gasteiger partial charge >= 0.3 is 0 Å². The lowest BCUT2D eigenvalue weighted by molar-refractivity contribution is 0.890. The van der Waals surface area contributed by atoms with Gasteiger partial charge in [0, 0.05) is 7.05 Å². The summed E-state index contributed by atoms with van der Waals surface area (Å²) < 4.78 is 0. The highest BCUT2D eigenvalue weighted by atomic mass is 32.1. The van der Waals surface area contributed by atoms with Crippen molar-refractivity contribution < 1.29 is 0 Å². The van der Waals surface area contributed by atoms with Crippen molar-refractivity contribution in [3.63, 3.8) is 0 Å². The number of aryl methyl sites for hydroxylation is 1. The van der Waals surface area contributed by atoms with Crippen LogP contribution >= 0.6 is 11.3 Å². The molecule has 12 heavy (non-hydrogen) atoms. The molecule has 3 nitrogen and oxygen atoms in total. The molecule has 1 N–H and O–H groups in total. The van der Waals surface area contributed by atoms with Gasteiger partial charge in [-0.1, -0.05) is 24.7 Å². The number of anilines is 1. The number of rotatable bonds is 3. The summed E-state index contributed by atoms with van der Waals surface area (Å²) >= 11 is 1.42. The van der Waals surface area contributed by atoms with Crippen molar-refractivity contribution >= 4 is 16.5 Å². The lowest BCUT2D eigenvalue weighted by atomic mass is 10.2. The van der Waals surface area contributed by atoms with E-state index in [1.54, 1.807) is 0 Å². The Labute approximate surface area is 76.1 Å². The first kappa shape index (κ1) is 9.01. The fourth-order valence-electron chi connectivity index (χ4n) is 0.952. The normalized spacial score (nSPS) is 9.42. The lowest BCUT2D eigenvalue weighted by Crippen LogP contribution is -1.89. The second kappa shape index (κ2) is 4.07. The number of hydrogen-bond donors (Lipinski definition) is 1. The number of thiazole rings is 1. The minimum atomic E-state index is 0.737. The van der Waals surface area contributed by atoms with Crippen LogP contribution in [0.5, 0.6) is 0 Å². The third-order valence-electron chi connectivity index (χ3n) is 1.50. The molecule has 0 saturated heterocycles. The molecule has 0 fully saturated rings. The standard InChI is InChI=1S/C8H11N3S/c1-3-4-6-7(5-9)12-8(10-2)11-6/h3-4H2,1-2H3,(H,10,11). The molecule has 64 valence electrons. The van der Waals surface area contributed by atoms with Crippen LogP contribution in [-0.2, 0) is 6.42 Å². The Morgan fingerprint density at radius 3 is 2.92 bits per heavy atom. The van der Waals surface area contributed by atoms with Gasteiger partial charge in [0.05, 0.1) is 5.69 Å². The number of aromatic nitrogens is 1. The molecule has 0 atom stereocenters. The van der Waals surface area contributed by atoms with Gasteiger partial charge in [-0.15, -0.1) is 0 Å². The van der Waals surface area contributed by atoms with E-state index in [0.717, 1.165) is 28.5 Å². The van der Waals surface area contributed by atoms with Crippen LogP contribution in [0.3, 0.4) is 0 Å². The Bertz CT molecular complexity index is 298. The number of nitrogens with zero attached hydrogens (tertiary/aromatic N) is 2. The van der Waals surface area contributed by atoms with Crippen LogP contribution in [0.1, 0.15) is 23.9 Å². The van der Waals surface area contributed by atoms with Gasteiger partial charge in [-0.3, -0.25) is 0 Å². The van der Waals surface area contributed by atoms with E-state index in [9.17, 15) is 0 Å². The first-order valence-corrected chi connectivity index (χ1v) is 4.71. The number of nitrogens with one attached hydrogen (secondary N) is 1. The molecule has 1 heterocycles. The highest BCUT2D eigenvalue weighted by molar-refractivity contribution is 7.16. The van der Waals surface area contributed by atoms with Gasteiger partial charge in [0.15, 0.2) is 5.13 Å². The Kier molecular flexibility index (Phi) is 3.06. The molecule has 0 saturated carbocycles. The van der Waals surface area contributed by atoms with Gasteiger partial charge in [0.2, 0.25) is 0 Å². The summed E-state index contributed by atoms with van der Waals surface area (Å²) in [5, 5.41) is 12.5. The molecule has 0 unspecified atom stereocenters. The summed E-state index contributed by atoms with van der Waals surface area (Å²) in [5.41, 5.74) is 0.925. The maximum atomic E-state index is 8.75. The summed E-state index contributed by atoms with van der Waals surface area (Å²) in [6.07, 6.45) is 1.92. The molecular formula is C8H11N3S. The van der Waals surface area contributed by atoms with E-state index in [1.807, 2.05) is 7.05 Å². The minimum absolute atomic E-state index is 0.737. The van der Waals surface area contributed by atoms with Crippen LogP contribution in [0.15, 0.2) is 0 Å². The Balaban J connectivity index is 2.93. The van der Waals surface area contributed by atoms with Gasteiger partial charge in [-0.25, -0.2) is 4.98 Å². The zero-order chi connectivity index (χ0) is 8.97. The van der Waals surface area contributed by atoms with E-state index in [2.05, 4.69) is 23.3 Å². The smallest absolute Gasteiger partial charge is 0.183 e. The lowest BCUT2D eigenvalue weighted by Gasteiger charge is -1.90. The average Bonchev–Trinajstić information content (AvgIpc) is 2.48. The predicted octanol–water partition coefficient (Wildman–Crippen LogP) is 2.01. The van der Waals surface area contributed by atoms with Crippen LogP contribution in [0, 0.1) is 11.3 Å².